The number of amides is 4. The first-order valence-electron chi connectivity index (χ1n) is 7.53. The van der Waals surface area contributed by atoms with Crippen molar-refractivity contribution in [2.75, 3.05) is 32.4 Å². The SMILES string of the molecule is CO/N=C(\C(=O)NC1C(=O)NC1C(=O)N(C)C)c1csc(NC(=O)CCl)n1. The van der Waals surface area contributed by atoms with Crippen molar-refractivity contribution >= 4 is 57.4 Å². The molecule has 0 radical (unpaired) electrons. The molecule has 146 valence electrons. The number of aromatic nitrogens is 1. The lowest BCUT2D eigenvalue weighted by Gasteiger charge is -2.37. The molecule has 3 N–H and O–H groups in total. The number of carbonyl (C=O) groups excluding carboxylic acids is 4. The molecule has 2 heterocycles. The van der Waals surface area contributed by atoms with E-state index in [0.717, 1.165) is 11.3 Å². The summed E-state index contributed by atoms with van der Waals surface area (Å²) in [5, 5.41) is 12.6. The van der Waals surface area contributed by atoms with Crippen molar-refractivity contribution in [2.24, 2.45) is 5.16 Å². The molecule has 27 heavy (non-hydrogen) atoms. The fraction of sp³-hybridized carbons (Fsp3) is 0.429. The molecular formula is C14H17ClN6O5S. The Labute approximate surface area is 163 Å². The van der Waals surface area contributed by atoms with Crippen LogP contribution in [0.25, 0.3) is 0 Å². The Kier molecular flexibility index (Phi) is 6.69. The van der Waals surface area contributed by atoms with Gasteiger partial charge in [0.15, 0.2) is 10.8 Å². The van der Waals surface area contributed by atoms with Gasteiger partial charge in [-0.2, -0.15) is 0 Å². The molecule has 1 saturated heterocycles. The largest absolute Gasteiger partial charge is 0.398 e. The van der Waals surface area contributed by atoms with Crippen molar-refractivity contribution in [1.29, 1.82) is 0 Å². The summed E-state index contributed by atoms with van der Waals surface area (Å²) < 4.78 is 0. The second kappa shape index (κ2) is 8.77. The van der Waals surface area contributed by atoms with Gasteiger partial charge in [0.05, 0.1) is 0 Å². The van der Waals surface area contributed by atoms with Gasteiger partial charge in [0.1, 0.15) is 30.8 Å². The van der Waals surface area contributed by atoms with Gasteiger partial charge in [-0.05, 0) is 0 Å². The van der Waals surface area contributed by atoms with Crippen LogP contribution in [0.2, 0.25) is 0 Å². The summed E-state index contributed by atoms with van der Waals surface area (Å²) in [6.45, 7) is 0. The van der Waals surface area contributed by atoms with E-state index in [1.54, 1.807) is 0 Å². The highest BCUT2D eigenvalue weighted by atomic mass is 35.5. The quantitative estimate of drug-likeness (QED) is 0.219. The minimum atomic E-state index is -1.04. The molecule has 0 saturated carbocycles. The number of hydrogen-bond donors (Lipinski definition) is 3. The number of anilines is 1. The summed E-state index contributed by atoms with van der Waals surface area (Å²) in [5.74, 6) is -2.30. The Hall–Kier alpha value is -2.73. The third-order valence-electron chi connectivity index (χ3n) is 3.42. The van der Waals surface area contributed by atoms with Crippen LogP contribution in [0.4, 0.5) is 5.13 Å². The first-order valence-corrected chi connectivity index (χ1v) is 8.95. The van der Waals surface area contributed by atoms with Crippen molar-refractivity contribution in [1.82, 2.24) is 20.5 Å². The Morgan fingerprint density at radius 1 is 1.44 bits per heavy atom. The summed E-state index contributed by atoms with van der Waals surface area (Å²) in [6, 6.07) is -1.90. The fourth-order valence-corrected chi connectivity index (χ4v) is 2.89. The monoisotopic (exact) mass is 416 g/mol. The average molecular weight is 417 g/mol. The molecule has 0 spiro atoms. The lowest BCUT2D eigenvalue weighted by Crippen LogP contribution is -2.73. The first kappa shape index (κ1) is 20.6. The maximum absolute atomic E-state index is 12.5. The van der Waals surface area contributed by atoms with Crippen molar-refractivity contribution in [2.45, 2.75) is 12.1 Å². The zero-order chi connectivity index (χ0) is 20.1. The van der Waals surface area contributed by atoms with Crippen LogP contribution in [-0.4, -0.2) is 78.4 Å². The van der Waals surface area contributed by atoms with Gasteiger partial charge in [-0.25, -0.2) is 4.98 Å². The van der Waals surface area contributed by atoms with Gasteiger partial charge in [0.2, 0.25) is 17.7 Å². The highest BCUT2D eigenvalue weighted by Gasteiger charge is 2.46. The van der Waals surface area contributed by atoms with Crippen LogP contribution in [0, 0.1) is 0 Å². The van der Waals surface area contributed by atoms with Crippen LogP contribution >= 0.6 is 22.9 Å². The number of alkyl halides is 1. The highest BCUT2D eigenvalue weighted by Crippen LogP contribution is 2.17. The molecule has 2 rings (SSSR count). The van der Waals surface area contributed by atoms with E-state index in [-0.39, 0.29) is 28.3 Å². The number of carbonyl (C=O) groups is 4. The van der Waals surface area contributed by atoms with Gasteiger partial charge in [-0.1, -0.05) is 5.16 Å². The second-order valence-electron chi connectivity index (χ2n) is 5.51. The Morgan fingerprint density at radius 2 is 2.15 bits per heavy atom. The number of likely N-dealkylation sites (N-methyl/N-ethyl adjacent to an activating group) is 1. The average Bonchev–Trinajstić information content (AvgIpc) is 3.08. The fourth-order valence-electron chi connectivity index (χ4n) is 2.11. The zero-order valence-corrected chi connectivity index (χ0v) is 16.2. The number of oxime groups is 1. The van der Waals surface area contributed by atoms with E-state index >= 15 is 0 Å². The molecular weight excluding hydrogens is 400 g/mol. The van der Waals surface area contributed by atoms with E-state index in [4.69, 9.17) is 11.6 Å². The molecule has 4 amide bonds. The molecule has 1 aromatic rings. The molecule has 1 fully saturated rings. The molecule has 1 aromatic heterocycles. The van der Waals surface area contributed by atoms with E-state index in [1.807, 2.05) is 0 Å². The molecule has 1 aliphatic heterocycles. The third kappa shape index (κ3) is 4.71. The number of thiazole rings is 1. The third-order valence-corrected chi connectivity index (χ3v) is 4.42. The lowest BCUT2D eigenvalue weighted by atomic mass is 9.97. The molecule has 13 heteroatoms. The zero-order valence-electron chi connectivity index (χ0n) is 14.6. The minimum Gasteiger partial charge on any atom is -0.398 e. The van der Waals surface area contributed by atoms with Gasteiger partial charge in [0, 0.05) is 19.5 Å². The normalized spacial score (nSPS) is 18.8. The van der Waals surface area contributed by atoms with E-state index in [2.05, 4.69) is 30.9 Å². The topological polar surface area (TPSA) is 142 Å². The highest BCUT2D eigenvalue weighted by molar-refractivity contribution is 7.14. The van der Waals surface area contributed by atoms with Crippen LogP contribution in [0.15, 0.2) is 10.5 Å². The smallest absolute Gasteiger partial charge is 0.276 e. The van der Waals surface area contributed by atoms with Crippen LogP contribution in [-0.2, 0) is 24.0 Å². The summed E-state index contributed by atoms with van der Waals surface area (Å²) in [6.07, 6.45) is 0. The van der Waals surface area contributed by atoms with Gasteiger partial charge >= 0.3 is 0 Å². The van der Waals surface area contributed by atoms with Gasteiger partial charge in [-0.3, -0.25) is 19.2 Å². The lowest BCUT2D eigenvalue weighted by molar-refractivity contribution is -0.145. The molecule has 1 aliphatic rings. The summed E-state index contributed by atoms with van der Waals surface area (Å²) >= 11 is 6.47. The van der Waals surface area contributed by atoms with E-state index in [1.165, 1.54) is 31.5 Å². The van der Waals surface area contributed by atoms with Crippen molar-refractivity contribution in [3.63, 3.8) is 0 Å². The predicted octanol–water partition coefficient (Wildman–Crippen LogP) is -1.26. The number of hydrogen-bond acceptors (Lipinski definition) is 8. The summed E-state index contributed by atoms with van der Waals surface area (Å²) in [4.78, 5) is 57.6. The number of halogens is 1. The molecule has 2 unspecified atom stereocenters. The number of β-lactam (4-membered cyclic amide) rings is 1. The molecule has 11 nitrogen and oxygen atoms in total. The number of rotatable bonds is 7. The maximum Gasteiger partial charge on any atom is 0.276 e. The van der Waals surface area contributed by atoms with Crippen molar-refractivity contribution in [3.8, 4) is 0 Å². The molecule has 2 atom stereocenters. The summed E-state index contributed by atoms with van der Waals surface area (Å²) in [5.41, 5.74) is -0.0877. The van der Waals surface area contributed by atoms with E-state index in [0.29, 0.717) is 0 Å². The number of nitrogens with zero attached hydrogens (tertiary/aromatic N) is 3. The summed E-state index contributed by atoms with van der Waals surface area (Å²) in [7, 11) is 4.31. The standard InChI is InChI=1S/C14H17ClN6O5S/c1-21(2)13(25)10-9(12(24)19-10)18-11(23)8(20-26-3)6-5-27-14(16-6)17-7(22)4-15/h5,9-10H,4H2,1-3H3,(H,18,23)(H,19,24)(H,16,17,22)/b20-8-. The molecule has 0 aliphatic carbocycles. The van der Waals surface area contributed by atoms with E-state index in [9.17, 15) is 19.2 Å². The Bertz CT molecular complexity index is 795. The van der Waals surface area contributed by atoms with Gasteiger partial charge in [-0.15, -0.1) is 22.9 Å². The Balaban J connectivity index is 2.14. The number of nitrogens with one attached hydrogen (secondary N) is 3. The maximum atomic E-state index is 12.5. The van der Waals surface area contributed by atoms with Crippen molar-refractivity contribution < 1.29 is 24.0 Å². The molecule has 0 bridgehead atoms. The van der Waals surface area contributed by atoms with Crippen molar-refractivity contribution in [3.05, 3.63) is 11.1 Å². The van der Waals surface area contributed by atoms with E-state index < -0.39 is 29.8 Å². The van der Waals surface area contributed by atoms with Gasteiger partial charge in [0.25, 0.3) is 5.91 Å². The second-order valence-corrected chi connectivity index (χ2v) is 6.64. The van der Waals surface area contributed by atoms with Crippen LogP contribution in [0.3, 0.4) is 0 Å². The van der Waals surface area contributed by atoms with Crippen LogP contribution < -0.4 is 16.0 Å². The van der Waals surface area contributed by atoms with Crippen LogP contribution in [0.1, 0.15) is 5.69 Å². The minimum absolute atomic E-state index is 0.124. The predicted molar refractivity (Wildman–Crippen MR) is 97.6 cm³/mol. The molecule has 0 aromatic carbocycles. The first-order chi connectivity index (χ1) is 12.8. The van der Waals surface area contributed by atoms with Crippen LogP contribution in [0.5, 0.6) is 0 Å². The van der Waals surface area contributed by atoms with Gasteiger partial charge < -0.3 is 25.7 Å². The Morgan fingerprint density at radius 3 is 2.70 bits per heavy atom.